The Hall–Kier alpha value is -0.200. The molecule has 104 valence electrons. The van der Waals surface area contributed by atoms with Crippen LogP contribution in [0.5, 0.6) is 0 Å². The predicted molar refractivity (Wildman–Crippen MR) is 67.3 cm³/mol. The SMILES string of the molecule is CCNC(CCO)COCCOCCCOC. The van der Waals surface area contributed by atoms with Gasteiger partial charge in [0.2, 0.25) is 0 Å². The van der Waals surface area contributed by atoms with Crippen molar-refractivity contribution in [1.82, 2.24) is 5.32 Å². The number of rotatable bonds is 13. The van der Waals surface area contributed by atoms with Crippen LogP contribution in [0.15, 0.2) is 0 Å². The first-order valence-electron chi connectivity index (χ1n) is 6.33. The molecule has 0 saturated carbocycles. The number of hydrogen-bond donors (Lipinski definition) is 2. The van der Waals surface area contributed by atoms with E-state index in [1.165, 1.54) is 0 Å². The molecule has 0 amide bonds. The molecule has 0 heterocycles. The van der Waals surface area contributed by atoms with E-state index < -0.39 is 0 Å². The van der Waals surface area contributed by atoms with Crippen molar-refractivity contribution in [3.63, 3.8) is 0 Å². The van der Waals surface area contributed by atoms with Gasteiger partial charge in [-0.25, -0.2) is 0 Å². The number of likely N-dealkylation sites (N-methyl/N-ethyl adjacent to an activating group) is 1. The van der Waals surface area contributed by atoms with Crippen molar-refractivity contribution in [1.29, 1.82) is 0 Å². The molecule has 0 saturated heterocycles. The fourth-order valence-corrected chi connectivity index (χ4v) is 1.44. The van der Waals surface area contributed by atoms with Crippen LogP contribution < -0.4 is 5.32 Å². The third-order valence-corrected chi connectivity index (χ3v) is 2.30. The lowest BCUT2D eigenvalue weighted by Gasteiger charge is -2.16. The summed E-state index contributed by atoms with van der Waals surface area (Å²) in [5.41, 5.74) is 0. The topological polar surface area (TPSA) is 60.0 Å². The third-order valence-electron chi connectivity index (χ3n) is 2.30. The molecule has 0 aliphatic heterocycles. The van der Waals surface area contributed by atoms with E-state index in [0.29, 0.717) is 26.4 Å². The van der Waals surface area contributed by atoms with Gasteiger partial charge < -0.3 is 24.6 Å². The van der Waals surface area contributed by atoms with Gasteiger partial charge in [-0.05, 0) is 19.4 Å². The second kappa shape index (κ2) is 13.9. The molecule has 0 bridgehead atoms. The molecular formula is C12H27NO4. The van der Waals surface area contributed by atoms with E-state index >= 15 is 0 Å². The van der Waals surface area contributed by atoms with Gasteiger partial charge in [-0.3, -0.25) is 0 Å². The van der Waals surface area contributed by atoms with Crippen molar-refractivity contribution in [2.75, 3.05) is 53.3 Å². The summed E-state index contributed by atoms with van der Waals surface area (Å²) in [6.07, 6.45) is 1.64. The average molecular weight is 249 g/mol. The minimum atomic E-state index is 0.189. The Bertz CT molecular complexity index is 140. The fourth-order valence-electron chi connectivity index (χ4n) is 1.44. The Morgan fingerprint density at radius 3 is 2.53 bits per heavy atom. The molecule has 2 N–H and O–H groups in total. The second-order valence-electron chi connectivity index (χ2n) is 3.80. The number of aliphatic hydroxyl groups excluding tert-OH is 1. The second-order valence-corrected chi connectivity index (χ2v) is 3.80. The van der Waals surface area contributed by atoms with E-state index in [4.69, 9.17) is 19.3 Å². The Balaban J connectivity index is 3.23. The van der Waals surface area contributed by atoms with Gasteiger partial charge >= 0.3 is 0 Å². The first-order chi connectivity index (χ1) is 8.35. The lowest BCUT2D eigenvalue weighted by molar-refractivity contribution is 0.0304. The summed E-state index contributed by atoms with van der Waals surface area (Å²) < 4.78 is 15.8. The van der Waals surface area contributed by atoms with Crippen molar-refractivity contribution >= 4 is 0 Å². The molecule has 0 spiro atoms. The monoisotopic (exact) mass is 249 g/mol. The predicted octanol–water partition coefficient (Wildman–Crippen LogP) is 0.417. The van der Waals surface area contributed by atoms with Gasteiger partial charge in [0.25, 0.3) is 0 Å². The molecule has 0 aliphatic carbocycles. The van der Waals surface area contributed by atoms with Crippen LogP contribution in [0.3, 0.4) is 0 Å². The Kier molecular flexibility index (Phi) is 13.7. The van der Waals surface area contributed by atoms with Gasteiger partial charge in [-0.1, -0.05) is 6.92 Å². The first kappa shape index (κ1) is 16.8. The van der Waals surface area contributed by atoms with Gasteiger partial charge in [-0.15, -0.1) is 0 Å². The molecule has 0 fully saturated rings. The highest BCUT2D eigenvalue weighted by molar-refractivity contribution is 4.64. The van der Waals surface area contributed by atoms with Crippen molar-refractivity contribution < 1.29 is 19.3 Å². The molecule has 5 heteroatoms. The van der Waals surface area contributed by atoms with E-state index in [9.17, 15) is 0 Å². The van der Waals surface area contributed by atoms with E-state index in [1.54, 1.807) is 7.11 Å². The largest absolute Gasteiger partial charge is 0.396 e. The van der Waals surface area contributed by atoms with Crippen LogP contribution in [0.25, 0.3) is 0 Å². The fraction of sp³-hybridized carbons (Fsp3) is 1.00. The summed E-state index contributed by atoms with van der Waals surface area (Å²) >= 11 is 0. The average Bonchev–Trinajstić information content (AvgIpc) is 2.33. The van der Waals surface area contributed by atoms with Gasteiger partial charge in [0.05, 0.1) is 19.8 Å². The standard InChI is InChI=1S/C12H27NO4/c1-3-13-12(5-6-14)11-17-10-9-16-8-4-7-15-2/h12-14H,3-11H2,1-2H3. The van der Waals surface area contributed by atoms with Crippen molar-refractivity contribution in [2.24, 2.45) is 0 Å². The molecule has 17 heavy (non-hydrogen) atoms. The van der Waals surface area contributed by atoms with Crippen LogP contribution in [0.2, 0.25) is 0 Å². The molecule has 1 atom stereocenters. The van der Waals surface area contributed by atoms with Crippen LogP contribution in [0.1, 0.15) is 19.8 Å². The minimum Gasteiger partial charge on any atom is -0.396 e. The molecule has 5 nitrogen and oxygen atoms in total. The van der Waals surface area contributed by atoms with Crippen LogP contribution in [0.4, 0.5) is 0 Å². The molecule has 0 rings (SSSR count). The van der Waals surface area contributed by atoms with Gasteiger partial charge in [-0.2, -0.15) is 0 Å². The van der Waals surface area contributed by atoms with Crippen LogP contribution in [-0.2, 0) is 14.2 Å². The number of methoxy groups -OCH3 is 1. The van der Waals surface area contributed by atoms with Gasteiger partial charge in [0.15, 0.2) is 0 Å². The van der Waals surface area contributed by atoms with Gasteiger partial charge in [0.1, 0.15) is 0 Å². The Labute approximate surface area is 104 Å². The number of aliphatic hydroxyl groups is 1. The summed E-state index contributed by atoms with van der Waals surface area (Å²) in [5.74, 6) is 0. The first-order valence-corrected chi connectivity index (χ1v) is 6.33. The minimum absolute atomic E-state index is 0.189. The van der Waals surface area contributed by atoms with Crippen molar-refractivity contribution in [2.45, 2.75) is 25.8 Å². The molecule has 0 aromatic heterocycles. The molecule has 0 aromatic carbocycles. The Morgan fingerprint density at radius 1 is 1.12 bits per heavy atom. The van der Waals surface area contributed by atoms with Crippen LogP contribution in [0, 0.1) is 0 Å². The zero-order chi connectivity index (χ0) is 12.8. The van der Waals surface area contributed by atoms with Gasteiger partial charge in [0, 0.05) is 33.0 Å². The summed E-state index contributed by atoms with van der Waals surface area (Å²) in [4.78, 5) is 0. The summed E-state index contributed by atoms with van der Waals surface area (Å²) in [6.45, 7) is 6.40. The van der Waals surface area contributed by atoms with Crippen LogP contribution >= 0.6 is 0 Å². The van der Waals surface area contributed by atoms with E-state index in [2.05, 4.69) is 5.32 Å². The number of hydrogen-bond acceptors (Lipinski definition) is 5. The van der Waals surface area contributed by atoms with Crippen molar-refractivity contribution in [3.05, 3.63) is 0 Å². The third kappa shape index (κ3) is 12.1. The maximum absolute atomic E-state index is 8.85. The number of ether oxygens (including phenoxy) is 3. The highest BCUT2D eigenvalue weighted by atomic mass is 16.5. The zero-order valence-electron chi connectivity index (χ0n) is 11.1. The molecule has 1 unspecified atom stereocenters. The van der Waals surface area contributed by atoms with Crippen molar-refractivity contribution in [3.8, 4) is 0 Å². The maximum Gasteiger partial charge on any atom is 0.0701 e. The molecule has 0 aliphatic rings. The van der Waals surface area contributed by atoms with E-state index in [1.807, 2.05) is 6.92 Å². The van der Waals surface area contributed by atoms with E-state index in [0.717, 1.165) is 26.0 Å². The smallest absolute Gasteiger partial charge is 0.0701 e. The molecule has 0 aromatic rings. The lowest BCUT2D eigenvalue weighted by atomic mass is 10.2. The highest BCUT2D eigenvalue weighted by Crippen LogP contribution is 1.93. The summed E-state index contributed by atoms with van der Waals surface area (Å²) in [5, 5.41) is 12.1. The maximum atomic E-state index is 8.85. The summed E-state index contributed by atoms with van der Waals surface area (Å²) in [7, 11) is 1.69. The van der Waals surface area contributed by atoms with E-state index in [-0.39, 0.29) is 12.6 Å². The number of nitrogens with one attached hydrogen (secondary N) is 1. The quantitative estimate of drug-likeness (QED) is 0.463. The van der Waals surface area contributed by atoms with Crippen LogP contribution in [-0.4, -0.2) is 64.4 Å². The highest BCUT2D eigenvalue weighted by Gasteiger charge is 2.05. The normalized spacial score (nSPS) is 12.9. The molecular weight excluding hydrogens is 222 g/mol. The lowest BCUT2D eigenvalue weighted by Crippen LogP contribution is -2.34. The summed E-state index contributed by atoms with van der Waals surface area (Å²) in [6, 6.07) is 0.235. The zero-order valence-corrected chi connectivity index (χ0v) is 11.1. The Morgan fingerprint density at radius 2 is 1.88 bits per heavy atom. The molecule has 0 radical (unpaired) electrons.